The molecule has 7 heteroatoms. The number of nitrogens with zero attached hydrogens (tertiary/aromatic N) is 2. The highest BCUT2D eigenvalue weighted by atomic mass is 32.2. The summed E-state index contributed by atoms with van der Waals surface area (Å²) in [6, 6.07) is 1.90. The smallest absolute Gasteiger partial charge is 0.278 e. The Hall–Kier alpha value is -1.76. The van der Waals surface area contributed by atoms with Gasteiger partial charge in [-0.1, -0.05) is 32.0 Å². The molecule has 0 spiro atoms. The Morgan fingerprint density at radius 3 is 2.88 bits per heavy atom. The molecule has 2 N–H and O–H groups in total. The third-order valence-electron chi connectivity index (χ3n) is 4.00. The number of rotatable bonds is 8. The minimum atomic E-state index is -0.0728. The lowest BCUT2D eigenvalue weighted by Gasteiger charge is -2.17. The Bertz CT molecular complexity index is 766. The standard InChI is InChI=1S/C17H26N4O2S/c1-5-7-8-18-14(22)10-24-17-20-13-9-11(3)19-15(13)16(23)21(17)12(4)6-2/h9,12,19H,5-8,10H2,1-4H3,(H,18,22)/t12-/m1/s1. The van der Waals surface area contributed by atoms with Gasteiger partial charge in [0.1, 0.15) is 5.52 Å². The van der Waals surface area contributed by atoms with Crippen molar-refractivity contribution in [2.75, 3.05) is 12.3 Å². The van der Waals surface area contributed by atoms with Crippen LogP contribution in [-0.2, 0) is 4.79 Å². The van der Waals surface area contributed by atoms with Gasteiger partial charge >= 0.3 is 0 Å². The van der Waals surface area contributed by atoms with E-state index in [0.717, 1.165) is 25.0 Å². The summed E-state index contributed by atoms with van der Waals surface area (Å²) in [5, 5.41) is 3.49. The van der Waals surface area contributed by atoms with E-state index in [2.05, 4.69) is 22.2 Å². The molecule has 0 saturated carbocycles. The van der Waals surface area contributed by atoms with Gasteiger partial charge in [0.15, 0.2) is 5.16 Å². The van der Waals surface area contributed by atoms with Crippen molar-refractivity contribution in [2.45, 2.75) is 58.2 Å². The van der Waals surface area contributed by atoms with E-state index in [1.54, 1.807) is 4.57 Å². The Labute approximate surface area is 146 Å². The number of aromatic amines is 1. The summed E-state index contributed by atoms with van der Waals surface area (Å²) in [7, 11) is 0. The summed E-state index contributed by atoms with van der Waals surface area (Å²) in [6.45, 7) is 8.72. The maximum atomic E-state index is 12.8. The summed E-state index contributed by atoms with van der Waals surface area (Å²) in [5.74, 6) is 0.241. The zero-order chi connectivity index (χ0) is 17.7. The quantitative estimate of drug-likeness (QED) is 0.436. The first-order chi connectivity index (χ1) is 11.5. The van der Waals surface area contributed by atoms with Crippen LogP contribution in [0.5, 0.6) is 0 Å². The number of nitrogens with one attached hydrogen (secondary N) is 2. The van der Waals surface area contributed by atoms with Gasteiger partial charge < -0.3 is 10.3 Å². The minimum absolute atomic E-state index is 0.0243. The molecule has 0 aliphatic carbocycles. The molecule has 2 rings (SSSR count). The average molecular weight is 350 g/mol. The molecule has 0 fully saturated rings. The molecule has 132 valence electrons. The van der Waals surface area contributed by atoms with E-state index in [9.17, 15) is 9.59 Å². The Balaban J connectivity index is 2.27. The molecule has 0 unspecified atom stereocenters. The largest absolute Gasteiger partial charge is 0.355 e. The molecule has 2 aromatic rings. The molecule has 1 atom stereocenters. The number of amides is 1. The van der Waals surface area contributed by atoms with Crippen molar-refractivity contribution in [3.8, 4) is 0 Å². The Morgan fingerprint density at radius 2 is 2.21 bits per heavy atom. The lowest BCUT2D eigenvalue weighted by atomic mass is 10.2. The molecule has 0 aliphatic rings. The van der Waals surface area contributed by atoms with Crippen molar-refractivity contribution in [3.63, 3.8) is 0 Å². The van der Waals surface area contributed by atoms with E-state index in [1.165, 1.54) is 11.8 Å². The number of carbonyl (C=O) groups is 1. The van der Waals surface area contributed by atoms with E-state index < -0.39 is 0 Å². The van der Waals surface area contributed by atoms with Gasteiger partial charge in [0, 0.05) is 18.3 Å². The van der Waals surface area contributed by atoms with E-state index in [0.29, 0.717) is 22.7 Å². The van der Waals surface area contributed by atoms with Crippen LogP contribution in [-0.4, -0.2) is 32.7 Å². The second-order valence-corrected chi connectivity index (χ2v) is 6.97. The molecule has 0 aliphatic heterocycles. The third-order valence-corrected chi connectivity index (χ3v) is 4.96. The maximum absolute atomic E-state index is 12.8. The molecular weight excluding hydrogens is 324 g/mol. The van der Waals surface area contributed by atoms with Gasteiger partial charge in [-0.2, -0.15) is 0 Å². The van der Waals surface area contributed by atoms with E-state index in [4.69, 9.17) is 0 Å². The third kappa shape index (κ3) is 4.20. The molecule has 0 aromatic carbocycles. The van der Waals surface area contributed by atoms with Crippen molar-refractivity contribution in [3.05, 3.63) is 22.1 Å². The van der Waals surface area contributed by atoms with Crippen LogP contribution in [0.2, 0.25) is 0 Å². The van der Waals surface area contributed by atoms with Crippen LogP contribution in [0.25, 0.3) is 11.0 Å². The average Bonchev–Trinajstić information content (AvgIpc) is 2.93. The van der Waals surface area contributed by atoms with Gasteiger partial charge in [-0.05, 0) is 32.8 Å². The van der Waals surface area contributed by atoms with Crippen LogP contribution >= 0.6 is 11.8 Å². The van der Waals surface area contributed by atoms with E-state index >= 15 is 0 Å². The van der Waals surface area contributed by atoms with Crippen LogP contribution in [0.3, 0.4) is 0 Å². The Kier molecular flexibility index (Phi) is 6.48. The first-order valence-electron chi connectivity index (χ1n) is 8.49. The summed E-state index contributed by atoms with van der Waals surface area (Å²) < 4.78 is 1.70. The van der Waals surface area contributed by atoms with Gasteiger partial charge in [0.25, 0.3) is 5.56 Å². The van der Waals surface area contributed by atoms with Gasteiger partial charge in [0.2, 0.25) is 5.91 Å². The Morgan fingerprint density at radius 1 is 1.46 bits per heavy atom. The maximum Gasteiger partial charge on any atom is 0.278 e. The fourth-order valence-corrected chi connectivity index (χ4v) is 3.38. The van der Waals surface area contributed by atoms with Crippen molar-refractivity contribution in [2.24, 2.45) is 0 Å². The summed E-state index contributed by atoms with van der Waals surface area (Å²) in [5.41, 5.74) is 2.02. The predicted molar refractivity (Wildman–Crippen MR) is 98.7 cm³/mol. The lowest BCUT2D eigenvalue weighted by molar-refractivity contribution is -0.118. The van der Waals surface area contributed by atoms with E-state index in [-0.39, 0.29) is 23.3 Å². The van der Waals surface area contributed by atoms with Crippen molar-refractivity contribution in [1.82, 2.24) is 19.9 Å². The highest BCUT2D eigenvalue weighted by Gasteiger charge is 2.17. The molecule has 2 heterocycles. The molecule has 0 bridgehead atoms. The van der Waals surface area contributed by atoms with Crippen LogP contribution in [0.4, 0.5) is 0 Å². The highest BCUT2D eigenvalue weighted by Crippen LogP contribution is 2.22. The van der Waals surface area contributed by atoms with Gasteiger partial charge in [-0.25, -0.2) is 4.98 Å². The zero-order valence-corrected chi connectivity index (χ0v) is 15.6. The van der Waals surface area contributed by atoms with Crippen LogP contribution < -0.4 is 10.9 Å². The summed E-state index contributed by atoms with van der Waals surface area (Å²) in [4.78, 5) is 32.4. The predicted octanol–water partition coefficient (Wildman–Crippen LogP) is 3.01. The lowest BCUT2D eigenvalue weighted by Crippen LogP contribution is -2.28. The normalized spacial score (nSPS) is 12.5. The minimum Gasteiger partial charge on any atom is -0.355 e. The fraction of sp³-hybridized carbons (Fsp3) is 0.588. The van der Waals surface area contributed by atoms with Crippen molar-refractivity contribution >= 4 is 28.7 Å². The molecular formula is C17H26N4O2S. The van der Waals surface area contributed by atoms with Gasteiger partial charge in [0.05, 0.1) is 11.3 Å². The molecule has 6 nitrogen and oxygen atoms in total. The molecule has 2 aromatic heterocycles. The van der Waals surface area contributed by atoms with Crippen LogP contribution in [0, 0.1) is 6.92 Å². The molecule has 1 amide bonds. The first kappa shape index (κ1) is 18.6. The zero-order valence-electron chi connectivity index (χ0n) is 14.8. The highest BCUT2D eigenvalue weighted by molar-refractivity contribution is 7.99. The monoisotopic (exact) mass is 350 g/mol. The fourth-order valence-electron chi connectivity index (χ4n) is 2.45. The van der Waals surface area contributed by atoms with Crippen molar-refractivity contribution < 1.29 is 4.79 Å². The van der Waals surface area contributed by atoms with Crippen LogP contribution in [0.1, 0.15) is 51.8 Å². The molecule has 0 radical (unpaired) electrons. The van der Waals surface area contributed by atoms with Crippen LogP contribution in [0.15, 0.2) is 16.0 Å². The SMILES string of the molecule is CCCCNC(=O)CSc1nc2cc(C)[nH]c2c(=O)n1[C@H](C)CC. The molecule has 0 saturated heterocycles. The van der Waals surface area contributed by atoms with Crippen molar-refractivity contribution in [1.29, 1.82) is 0 Å². The number of hydrogen-bond donors (Lipinski definition) is 2. The second kappa shape index (κ2) is 8.37. The first-order valence-corrected chi connectivity index (χ1v) is 9.47. The number of H-pyrrole nitrogens is 1. The topological polar surface area (TPSA) is 79.8 Å². The second-order valence-electron chi connectivity index (χ2n) is 6.03. The van der Waals surface area contributed by atoms with E-state index in [1.807, 2.05) is 26.8 Å². The number of aromatic nitrogens is 3. The van der Waals surface area contributed by atoms with Gasteiger partial charge in [-0.3, -0.25) is 14.2 Å². The number of fused-ring (bicyclic) bond motifs is 1. The summed E-state index contributed by atoms with van der Waals surface area (Å²) >= 11 is 1.32. The number of unbranched alkanes of at least 4 members (excludes halogenated alkanes) is 1. The summed E-state index contributed by atoms with van der Waals surface area (Å²) in [6.07, 6.45) is 2.84. The van der Waals surface area contributed by atoms with Gasteiger partial charge in [-0.15, -0.1) is 0 Å². The number of thioether (sulfide) groups is 1. The number of aryl methyl sites for hydroxylation is 1. The number of carbonyl (C=O) groups excluding carboxylic acids is 1. The molecule has 24 heavy (non-hydrogen) atoms. The number of hydrogen-bond acceptors (Lipinski definition) is 4.